The molecule has 0 aromatic rings. The average molecular weight is 410 g/mol. The maximum absolute atomic E-state index is 6.95. The first-order chi connectivity index (χ1) is 12.1. The van der Waals surface area contributed by atoms with Gasteiger partial charge in [0.1, 0.15) is 16.5 Å². The van der Waals surface area contributed by atoms with Crippen molar-refractivity contribution in [3.05, 3.63) is 0 Å². The van der Waals surface area contributed by atoms with Crippen LogP contribution in [0.1, 0.15) is 53.9 Å². The molecule has 4 fully saturated rings. The highest BCUT2D eigenvalue weighted by Gasteiger charge is 2.69. The fourth-order valence-electron chi connectivity index (χ4n) is 6.89. The van der Waals surface area contributed by atoms with Crippen molar-refractivity contribution in [3.63, 3.8) is 0 Å². The Balaban J connectivity index is 1.91. The normalized spacial score (nSPS) is 36.8. The molecular formula is C21H44BNO2Si2. The van der Waals surface area contributed by atoms with Gasteiger partial charge < -0.3 is 13.5 Å². The number of nitrogens with zero attached hydrogens (tertiary/aromatic N) is 1. The van der Waals surface area contributed by atoms with Crippen LogP contribution < -0.4 is 0 Å². The number of rotatable bonds is 6. The van der Waals surface area contributed by atoms with Gasteiger partial charge in [-0.1, -0.05) is 67.0 Å². The zero-order valence-corrected chi connectivity index (χ0v) is 21.8. The van der Waals surface area contributed by atoms with Crippen LogP contribution >= 0.6 is 0 Å². The van der Waals surface area contributed by atoms with Crippen LogP contribution in [0.2, 0.25) is 39.3 Å². The molecule has 1 unspecified atom stereocenters. The summed E-state index contributed by atoms with van der Waals surface area (Å²) in [6, 6.07) is 0. The van der Waals surface area contributed by atoms with E-state index in [0.29, 0.717) is 29.3 Å². The van der Waals surface area contributed by atoms with Gasteiger partial charge in [-0.3, -0.25) is 0 Å². The molecule has 1 aliphatic heterocycles. The third-order valence-corrected chi connectivity index (χ3v) is 15.4. The maximum Gasteiger partial charge on any atom is 0.474 e. The molecule has 27 heavy (non-hydrogen) atoms. The second-order valence-corrected chi connectivity index (χ2v) is 22.8. The lowest BCUT2D eigenvalue weighted by molar-refractivity contribution is -0.199. The fraction of sp³-hybridized carbons (Fsp3) is 1.00. The molecule has 0 radical (unpaired) electrons. The lowest BCUT2D eigenvalue weighted by Gasteiger charge is -2.64. The molecule has 3 aliphatic carbocycles. The van der Waals surface area contributed by atoms with Crippen LogP contribution in [-0.4, -0.2) is 45.5 Å². The summed E-state index contributed by atoms with van der Waals surface area (Å²) >= 11 is 0. The summed E-state index contributed by atoms with van der Waals surface area (Å²) in [6.07, 6.45) is 3.97. The van der Waals surface area contributed by atoms with Crippen molar-refractivity contribution < 1.29 is 9.31 Å². The van der Waals surface area contributed by atoms with Gasteiger partial charge in [-0.2, -0.15) is 0 Å². The molecule has 5 atom stereocenters. The molecule has 3 nitrogen and oxygen atoms in total. The van der Waals surface area contributed by atoms with Crippen LogP contribution in [0.5, 0.6) is 0 Å². The van der Waals surface area contributed by atoms with Crippen LogP contribution in [0.4, 0.5) is 0 Å². The highest BCUT2D eigenvalue weighted by Crippen LogP contribution is 2.66. The summed E-state index contributed by atoms with van der Waals surface area (Å²) in [4.78, 5) is 0. The minimum Gasteiger partial charge on any atom is -0.404 e. The quantitative estimate of drug-likeness (QED) is 0.530. The monoisotopic (exact) mass is 409 g/mol. The Morgan fingerprint density at radius 1 is 1.00 bits per heavy atom. The summed E-state index contributed by atoms with van der Waals surface area (Å²) in [5.41, 5.74) is 0.316. The first-order valence-corrected chi connectivity index (χ1v) is 18.1. The van der Waals surface area contributed by atoms with E-state index < -0.39 is 16.5 Å². The molecule has 0 aromatic carbocycles. The predicted octanol–water partition coefficient (Wildman–Crippen LogP) is 5.64. The zero-order valence-electron chi connectivity index (χ0n) is 19.8. The molecule has 2 bridgehead atoms. The van der Waals surface area contributed by atoms with Gasteiger partial charge in [0, 0.05) is 5.94 Å². The van der Waals surface area contributed by atoms with Crippen molar-refractivity contribution in [1.29, 1.82) is 0 Å². The van der Waals surface area contributed by atoms with Crippen LogP contribution in [0.3, 0.4) is 0 Å². The van der Waals surface area contributed by atoms with Gasteiger partial charge in [0.25, 0.3) is 0 Å². The van der Waals surface area contributed by atoms with E-state index in [1.807, 2.05) is 0 Å². The predicted molar refractivity (Wildman–Crippen MR) is 122 cm³/mol. The van der Waals surface area contributed by atoms with E-state index >= 15 is 0 Å². The molecule has 4 aliphatic rings. The van der Waals surface area contributed by atoms with Crippen molar-refractivity contribution in [2.24, 2.45) is 23.2 Å². The van der Waals surface area contributed by atoms with E-state index in [2.05, 4.69) is 78.1 Å². The van der Waals surface area contributed by atoms with Crippen LogP contribution in [0.25, 0.3) is 0 Å². The Bertz CT molecular complexity index is 558. The molecule has 6 heteroatoms. The second-order valence-electron chi connectivity index (χ2n) is 12.7. The fourth-order valence-corrected chi connectivity index (χ4v) is 17.4. The molecule has 0 N–H and O–H groups in total. The van der Waals surface area contributed by atoms with Gasteiger partial charge in [-0.15, -0.1) is 0 Å². The third kappa shape index (κ3) is 3.67. The molecule has 156 valence electrons. The average Bonchev–Trinajstić information content (AvgIpc) is 2.79. The molecule has 1 heterocycles. The van der Waals surface area contributed by atoms with Crippen molar-refractivity contribution in [3.8, 4) is 0 Å². The van der Waals surface area contributed by atoms with Crippen LogP contribution in [0.15, 0.2) is 0 Å². The summed E-state index contributed by atoms with van der Waals surface area (Å²) in [5.74, 6) is 2.51. The molecule has 0 amide bonds. The Kier molecular flexibility index (Phi) is 5.47. The molecule has 0 aromatic heterocycles. The van der Waals surface area contributed by atoms with Gasteiger partial charge in [0.05, 0.1) is 11.7 Å². The summed E-state index contributed by atoms with van der Waals surface area (Å²) in [5, 5.41) is 0. The largest absolute Gasteiger partial charge is 0.474 e. The van der Waals surface area contributed by atoms with E-state index in [1.165, 1.54) is 19.3 Å². The second kappa shape index (κ2) is 6.69. The van der Waals surface area contributed by atoms with E-state index in [-0.39, 0.29) is 12.7 Å². The van der Waals surface area contributed by atoms with Gasteiger partial charge >= 0.3 is 7.12 Å². The van der Waals surface area contributed by atoms with E-state index in [4.69, 9.17) is 9.31 Å². The van der Waals surface area contributed by atoms with Crippen molar-refractivity contribution in [1.82, 2.24) is 4.23 Å². The first-order valence-electron chi connectivity index (χ1n) is 11.2. The van der Waals surface area contributed by atoms with E-state index in [1.54, 1.807) is 0 Å². The highest BCUT2D eigenvalue weighted by atomic mass is 28.4. The highest BCUT2D eigenvalue weighted by molar-refractivity contribution is 6.90. The van der Waals surface area contributed by atoms with Gasteiger partial charge in [0.2, 0.25) is 0 Å². The topological polar surface area (TPSA) is 21.7 Å². The lowest BCUT2D eigenvalue weighted by atomic mass is 9.43. The molecular weight excluding hydrogens is 365 g/mol. The summed E-state index contributed by atoms with van der Waals surface area (Å²) in [6.45, 7) is 27.0. The summed E-state index contributed by atoms with van der Waals surface area (Å²) < 4.78 is 16.7. The standard InChI is InChI=1S/C21H44BNO2Si2/c1-15(2)12-19(23(26(6,7)8)27(9,10)11)22-24-18-14-16-13-17(20(16,3)4)21(18,5)25-22/h15-19H,12-14H2,1-11H3/t16-,17-,18+,19?,21-/m0/s1. The van der Waals surface area contributed by atoms with Crippen molar-refractivity contribution >= 4 is 23.6 Å². The van der Waals surface area contributed by atoms with Crippen LogP contribution in [0, 0.1) is 23.2 Å². The number of hydrogen-bond donors (Lipinski definition) is 0. The lowest BCUT2D eigenvalue weighted by Crippen LogP contribution is -2.68. The Morgan fingerprint density at radius 3 is 2.00 bits per heavy atom. The maximum atomic E-state index is 6.95. The number of hydrogen-bond acceptors (Lipinski definition) is 3. The Morgan fingerprint density at radius 2 is 1.56 bits per heavy atom. The summed E-state index contributed by atoms with van der Waals surface area (Å²) in [7, 11) is -3.04. The Labute approximate surface area is 171 Å². The van der Waals surface area contributed by atoms with Gasteiger partial charge in [-0.05, 0) is 49.4 Å². The Hall–Kier alpha value is 0.379. The van der Waals surface area contributed by atoms with E-state index in [9.17, 15) is 0 Å². The first kappa shape index (κ1) is 22.1. The SMILES string of the molecule is CC(C)CC(B1O[C@@H]2C[C@@H]3C[C@@H](C3(C)C)[C@]2(C)O1)N([Si](C)(C)C)[Si](C)(C)C. The van der Waals surface area contributed by atoms with E-state index in [0.717, 1.165) is 5.92 Å². The van der Waals surface area contributed by atoms with Gasteiger partial charge in [0.15, 0.2) is 0 Å². The molecule has 3 saturated carbocycles. The molecule has 1 saturated heterocycles. The van der Waals surface area contributed by atoms with Crippen molar-refractivity contribution in [2.75, 3.05) is 0 Å². The van der Waals surface area contributed by atoms with Crippen LogP contribution in [-0.2, 0) is 9.31 Å². The zero-order chi connectivity index (χ0) is 20.6. The third-order valence-electron chi connectivity index (χ3n) is 7.77. The smallest absolute Gasteiger partial charge is 0.404 e. The molecule has 0 spiro atoms. The minimum absolute atomic E-state index is 0.0593. The van der Waals surface area contributed by atoms with Crippen molar-refractivity contribution in [2.45, 2.75) is 111 Å². The molecule has 4 rings (SSSR count). The van der Waals surface area contributed by atoms with Gasteiger partial charge in [-0.25, -0.2) is 0 Å². The minimum atomic E-state index is -1.49.